The Hall–Kier alpha value is -1.31. The van der Waals surface area contributed by atoms with Crippen molar-refractivity contribution in [3.05, 3.63) is 23.8 Å². The van der Waals surface area contributed by atoms with Crippen LogP contribution in [0.4, 0.5) is 5.69 Å². The van der Waals surface area contributed by atoms with Crippen molar-refractivity contribution in [3.8, 4) is 5.75 Å². The van der Waals surface area contributed by atoms with Gasteiger partial charge in [0.05, 0.1) is 11.9 Å². The number of phenols is 1. The summed E-state index contributed by atoms with van der Waals surface area (Å²) < 4.78 is 24.5. The maximum atomic E-state index is 11.1. The number of benzene rings is 1. The van der Waals surface area contributed by atoms with Crippen LogP contribution in [0.5, 0.6) is 5.75 Å². The zero-order valence-corrected chi connectivity index (χ0v) is 11.9. The van der Waals surface area contributed by atoms with Crippen LogP contribution in [0, 0.1) is 0 Å². The maximum Gasteiger partial charge on any atom is 0.229 e. The van der Waals surface area contributed by atoms with Gasteiger partial charge in [-0.15, -0.1) is 0 Å². The summed E-state index contributed by atoms with van der Waals surface area (Å²) in [4.78, 5) is 0. The van der Waals surface area contributed by atoms with Crippen LogP contribution in [0.3, 0.4) is 0 Å². The van der Waals surface area contributed by atoms with Gasteiger partial charge in [0.2, 0.25) is 10.0 Å². The molecule has 0 saturated carbocycles. The molecule has 0 aromatic heterocycles. The van der Waals surface area contributed by atoms with E-state index in [0.717, 1.165) is 18.2 Å². The van der Waals surface area contributed by atoms with Crippen molar-refractivity contribution in [2.45, 2.75) is 26.0 Å². The Kier molecular flexibility index (Phi) is 5.59. The molecule has 1 aromatic carbocycles. The summed E-state index contributed by atoms with van der Waals surface area (Å²) in [6, 6.07) is 4.54. The van der Waals surface area contributed by atoms with E-state index in [1.165, 1.54) is 12.1 Å². The molecule has 108 valence electrons. The lowest BCUT2D eigenvalue weighted by atomic mass is 10.1. The van der Waals surface area contributed by atoms with Crippen LogP contribution >= 0.6 is 0 Å². The van der Waals surface area contributed by atoms with Crippen LogP contribution in [0.2, 0.25) is 0 Å². The van der Waals surface area contributed by atoms with Crippen molar-refractivity contribution >= 4 is 15.7 Å². The highest BCUT2D eigenvalue weighted by molar-refractivity contribution is 7.92. The third-order valence-electron chi connectivity index (χ3n) is 2.42. The molecule has 4 N–H and O–H groups in total. The molecule has 0 aliphatic carbocycles. The first kappa shape index (κ1) is 15.7. The van der Waals surface area contributed by atoms with Gasteiger partial charge in [-0.3, -0.25) is 10.0 Å². The van der Waals surface area contributed by atoms with Crippen molar-refractivity contribution in [2.75, 3.05) is 17.5 Å². The zero-order chi connectivity index (χ0) is 14.5. The van der Waals surface area contributed by atoms with Gasteiger partial charge in [-0.2, -0.15) is 0 Å². The van der Waals surface area contributed by atoms with Crippen LogP contribution in [0.25, 0.3) is 0 Å². The lowest BCUT2D eigenvalue weighted by Crippen LogP contribution is -2.31. The molecule has 0 bridgehead atoms. The van der Waals surface area contributed by atoms with E-state index in [1.807, 2.05) is 6.92 Å². The van der Waals surface area contributed by atoms with E-state index >= 15 is 0 Å². The summed E-state index contributed by atoms with van der Waals surface area (Å²) in [5.74, 6) is -0.148. The Bertz CT molecular complexity index is 516. The second-order valence-corrected chi connectivity index (χ2v) is 6.15. The van der Waals surface area contributed by atoms with Crippen LogP contribution in [0.1, 0.15) is 18.9 Å². The number of rotatable bonds is 7. The first-order valence-corrected chi connectivity index (χ1v) is 7.92. The van der Waals surface area contributed by atoms with Crippen molar-refractivity contribution in [1.82, 2.24) is 5.32 Å². The summed E-state index contributed by atoms with van der Waals surface area (Å²) >= 11 is 0. The van der Waals surface area contributed by atoms with Crippen molar-refractivity contribution in [1.29, 1.82) is 0 Å². The third kappa shape index (κ3) is 5.91. The second-order valence-electron chi connectivity index (χ2n) is 4.40. The number of aliphatic hydroxyl groups is 1. The molecule has 0 aliphatic rings. The molecular formula is C12H20N2O4S. The van der Waals surface area contributed by atoms with Gasteiger partial charge in [0.25, 0.3) is 0 Å². The topological polar surface area (TPSA) is 98.7 Å². The molecule has 0 saturated heterocycles. The van der Waals surface area contributed by atoms with Gasteiger partial charge in [0.1, 0.15) is 12.0 Å². The Morgan fingerprint density at radius 3 is 2.63 bits per heavy atom. The molecule has 1 unspecified atom stereocenters. The lowest BCUT2D eigenvalue weighted by Gasteiger charge is -2.13. The smallest absolute Gasteiger partial charge is 0.229 e. The van der Waals surface area contributed by atoms with Crippen LogP contribution in [0.15, 0.2) is 18.2 Å². The predicted molar refractivity (Wildman–Crippen MR) is 74.6 cm³/mol. The summed E-state index contributed by atoms with van der Waals surface area (Å²) in [5, 5.41) is 22.2. The first-order valence-electron chi connectivity index (χ1n) is 6.03. The summed E-state index contributed by atoms with van der Waals surface area (Å²) in [7, 11) is -3.45. The average molecular weight is 288 g/mol. The minimum Gasteiger partial charge on any atom is -0.506 e. The molecule has 1 aromatic rings. The van der Waals surface area contributed by atoms with Crippen molar-refractivity contribution in [3.63, 3.8) is 0 Å². The van der Waals surface area contributed by atoms with Crippen LogP contribution in [-0.4, -0.2) is 37.7 Å². The highest BCUT2D eigenvalue weighted by atomic mass is 32.2. The highest BCUT2D eigenvalue weighted by Gasteiger charge is 2.10. The fraction of sp³-hybridized carbons (Fsp3) is 0.500. The standard InChI is InChI=1S/C12H20N2O4S/c1-3-6-13-12(16)8-9-4-5-11(15)10(7-9)14-19(2,17)18/h4-5,7,12-16H,3,6,8H2,1-2H3. The SMILES string of the molecule is CCCNC(O)Cc1ccc(O)c(NS(C)(=O)=O)c1. The molecular weight excluding hydrogens is 268 g/mol. The van der Waals surface area contributed by atoms with Gasteiger partial charge in [0, 0.05) is 6.42 Å². The second kappa shape index (κ2) is 6.74. The molecule has 0 heterocycles. The summed E-state index contributed by atoms with van der Waals surface area (Å²) in [5.41, 5.74) is 0.836. The molecule has 0 amide bonds. The molecule has 0 aliphatic heterocycles. The van der Waals surface area contributed by atoms with Gasteiger partial charge in [-0.1, -0.05) is 13.0 Å². The number of phenolic OH excluding ortho intramolecular Hbond substituents is 1. The zero-order valence-electron chi connectivity index (χ0n) is 11.0. The van der Waals surface area contributed by atoms with Gasteiger partial charge in [-0.25, -0.2) is 8.42 Å². The number of hydrogen-bond acceptors (Lipinski definition) is 5. The molecule has 6 nitrogen and oxygen atoms in total. The van der Waals surface area contributed by atoms with E-state index in [4.69, 9.17) is 0 Å². The lowest BCUT2D eigenvalue weighted by molar-refractivity contribution is 0.138. The number of aromatic hydroxyl groups is 1. The van der Waals surface area contributed by atoms with Gasteiger partial charge in [0.15, 0.2) is 0 Å². The molecule has 1 atom stereocenters. The summed E-state index contributed by atoms with van der Waals surface area (Å²) in [6.45, 7) is 2.70. The number of aliphatic hydroxyl groups excluding tert-OH is 1. The predicted octanol–water partition coefficient (Wildman–Crippen LogP) is 0.624. The van der Waals surface area contributed by atoms with E-state index in [-0.39, 0.29) is 11.4 Å². The summed E-state index contributed by atoms with van der Waals surface area (Å²) in [6.07, 6.45) is 1.55. The van der Waals surface area contributed by atoms with Crippen LogP contribution < -0.4 is 10.0 Å². The Labute approximate surface area is 113 Å². The quantitative estimate of drug-likeness (QED) is 0.435. The Morgan fingerprint density at radius 1 is 1.37 bits per heavy atom. The molecule has 19 heavy (non-hydrogen) atoms. The Balaban J connectivity index is 2.78. The van der Waals surface area contributed by atoms with Crippen molar-refractivity contribution < 1.29 is 18.6 Å². The average Bonchev–Trinajstić information content (AvgIpc) is 2.29. The molecule has 0 radical (unpaired) electrons. The number of nitrogens with one attached hydrogen (secondary N) is 2. The minimum atomic E-state index is -3.45. The molecule has 1 rings (SSSR count). The minimum absolute atomic E-state index is 0.114. The molecule has 0 spiro atoms. The van der Waals surface area contributed by atoms with E-state index in [1.54, 1.807) is 6.07 Å². The van der Waals surface area contributed by atoms with E-state index in [2.05, 4.69) is 10.0 Å². The molecule has 7 heteroatoms. The fourth-order valence-electron chi connectivity index (χ4n) is 1.60. The largest absolute Gasteiger partial charge is 0.506 e. The first-order chi connectivity index (χ1) is 8.81. The molecule has 0 fully saturated rings. The monoisotopic (exact) mass is 288 g/mol. The van der Waals surface area contributed by atoms with E-state index < -0.39 is 16.3 Å². The van der Waals surface area contributed by atoms with Gasteiger partial charge in [-0.05, 0) is 30.7 Å². The normalized spacial score (nSPS) is 13.2. The highest BCUT2D eigenvalue weighted by Crippen LogP contribution is 2.25. The fourth-order valence-corrected chi connectivity index (χ4v) is 2.16. The third-order valence-corrected chi connectivity index (χ3v) is 3.01. The van der Waals surface area contributed by atoms with Crippen LogP contribution in [-0.2, 0) is 16.4 Å². The van der Waals surface area contributed by atoms with Crippen molar-refractivity contribution in [2.24, 2.45) is 0 Å². The number of hydrogen-bond donors (Lipinski definition) is 4. The maximum absolute atomic E-state index is 11.1. The van der Waals surface area contributed by atoms with E-state index in [0.29, 0.717) is 13.0 Å². The Morgan fingerprint density at radius 2 is 2.05 bits per heavy atom. The number of sulfonamides is 1. The number of anilines is 1. The van der Waals surface area contributed by atoms with E-state index in [9.17, 15) is 18.6 Å². The van der Waals surface area contributed by atoms with Gasteiger partial charge >= 0.3 is 0 Å². The van der Waals surface area contributed by atoms with Gasteiger partial charge < -0.3 is 10.2 Å².